The number of anilines is 1. The van der Waals surface area contributed by atoms with E-state index in [4.69, 9.17) is 5.53 Å². The first-order valence-corrected chi connectivity index (χ1v) is 5.80. The second-order valence-electron chi connectivity index (χ2n) is 3.98. The summed E-state index contributed by atoms with van der Waals surface area (Å²) in [6, 6.07) is 6.19. The van der Waals surface area contributed by atoms with Crippen molar-refractivity contribution >= 4 is 17.6 Å². The van der Waals surface area contributed by atoms with Crippen LogP contribution in [-0.2, 0) is 20.7 Å². The number of hydrogen-bond donors (Lipinski definition) is 2. The molecule has 1 rings (SSSR count). The maximum atomic E-state index is 11.6. The summed E-state index contributed by atoms with van der Waals surface area (Å²) < 4.78 is 4.64. The Kier molecular flexibility index (Phi) is 5.86. The highest BCUT2D eigenvalue weighted by Crippen LogP contribution is 2.11. The van der Waals surface area contributed by atoms with Gasteiger partial charge in [-0.3, -0.25) is 4.79 Å². The summed E-state index contributed by atoms with van der Waals surface area (Å²) in [6.45, 7) is 1.34. The summed E-state index contributed by atoms with van der Waals surface area (Å²) in [5.74, 6) is -0.807. The standard InChI is InChI=1S/C12H15N5O3/c1-8(18)14-11(12(19)20-2)7-9-3-5-10(6-4-9)15-17-16-13/h3-6,11,15H,7H2,1-2H3,(H,14,18)/t11-/m0/s1. The molecule has 8 heteroatoms. The molecule has 0 heterocycles. The van der Waals surface area contributed by atoms with Gasteiger partial charge in [0.1, 0.15) is 11.7 Å². The Labute approximate surface area is 115 Å². The molecule has 0 aliphatic rings. The normalized spacial score (nSPS) is 10.9. The predicted molar refractivity (Wildman–Crippen MR) is 72.5 cm³/mol. The number of ether oxygens (including phenoxy) is 1. The predicted octanol–water partition coefficient (Wildman–Crippen LogP) is 1.54. The van der Waals surface area contributed by atoms with E-state index in [-0.39, 0.29) is 5.91 Å². The van der Waals surface area contributed by atoms with Crippen molar-refractivity contribution in [3.8, 4) is 0 Å². The molecule has 20 heavy (non-hydrogen) atoms. The lowest BCUT2D eigenvalue weighted by atomic mass is 10.1. The van der Waals surface area contributed by atoms with Gasteiger partial charge in [-0.2, -0.15) is 4.91 Å². The fourth-order valence-corrected chi connectivity index (χ4v) is 1.61. The Morgan fingerprint density at radius 3 is 2.55 bits per heavy atom. The van der Waals surface area contributed by atoms with Crippen molar-refractivity contribution in [2.24, 2.45) is 5.22 Å². The Morgan fingerprint density at radius 2 is 2.05 bits per heavy atom. The van der Waals surface area contributed by atoms with Gasteiger partial charge in [-0.25, -0.2) is 10.2 Å². The summed E-state index contributed by atoms with van der Waals surface area (Å²) in [7, 11) is 1.27. The van der Waals surface area contributed by atoms with Crippen LogP contribution in [0, 0.1) is 0 Å². The fourth-order valence-electron chi connectivity index (χ4n) is 1.61. The van der Waals surface area contributed by atoms with Crippen LogP contribution in [-0.4, -0.2) is 25.0 Å². The van der Waals surface area contributed by atoms with E-state index in [1.807, 2.05) is 0 Å². The number of nitrogens with one attached hydrogen (secondary N) is 2. The first kappa shape index (κ1) is 15.3. The number of rotatable bonds is 6. The third-order valence-corrected chi connectivity index (χ3v) is 2.48. The smallest absolute Gasteiger partial charge is 0.328 e. The molecule has 0 saturated heterocycles. The lowest BCUT2D eigenvalue weighted by molar-refractivity contribution is -0.144. The van der Waals surface area contributed by atoms with Crippen molar-refractivity contribution in [3.63, 3.8) is 0 Å². The summed E-state index contributed by atoms with van der Waals surface area (Å²) in [5, 5.41) is 5.75. The third kappa shape index (κ3) is 4.87. The Hall–Kier alpha value is -2.73. The van der Waals surface area contributed by atoms with Gasteiger partial charge in [0.25, 0.3) is 0 Å². The molecule has 1 aromatic carbocycles. The van der Waals surface area contributed by atoms with Crippen LogP contribution < -0.4 is 10.7 Å². The van der Waals surface area contributed by atoms with Crippen LogP contribution in [0.25, 0.3) is 10.4 Å². The first-order valence-electron chi connectivity index (χ1n) is 5.80. The Morgan fingerprint density at radius 1 is 1.40 bits per heavy atom. The summed E-state index contributed by atoms with van der Waals surface area (Å²) in [6.07, 6.45) is 0.314. The van der Waals surface area contributed by atoms with Gasteiger partial charge in [-0.05, 0) is 22.9 Å². The minimum absolute atomic E-state index is 0.304. The van der Waals surface area contributed by atoms with Crippen LogP contribution in [0.15, 0.2) is 29.5 Å². The molecule has 0 spiro atoms. The van der Waals surface area contributed by atoms with Gasteiger partial charge in [0.15, 0.2) is 0 Å². The molecule has 8 nitrogen and oxygen atoms in total. The molecule has 0 aromatic heterocycles. The van der Waals surface area contributed by atoms with E-state index < -0.39 is 12.0 Å². The Bertz CT molecular complexity index is 522. The molecule has 2 N–H and O–H groups in total. The maximum absolute atomic E-state index is 11.6. The van der Waals surface area contributed by atoms with Gasteiger partial charge in [0.05, 0.1) is 7.11 Å². The third-order valence-electron chi connectivity index (χ3n) is 2.48. The molecule has 1 amide bonds. The van der Waals surface area contributed by atoms with Crippen LogP contribution in [0.5, 0.6) is 0 Å². The number of azide groups is 1. The molecule has 1 aromatic rings. The topological polar surface area (TPSA) is 116 Å². The van der Waals surface area contributed by atoms with Crippen molar-refractivity contribution < 1.29 is 14.3 Å². The van der Waals surface area contributed by atoms with Gasteiger partial charge in [0.2, 0.25) is 5.91 Å². The number of carbonyl (C=O) groups excluding carboxylic acids is 2. The van der Waals surface area contributed by atoms with E-state index >= 15 is 0 Å². The van der Waals surface area contributed by atoms with E-state index in [1.54, 1.807) is 24.3 Å². The maximum Gasteiger partial charge on any atom is 0.328 e. The number of benzene rings is 1. The van der Waals surface area contributed by atoms with Crippen LogP contribution in [0.3, 0.4) is 0 Å². The van der Waals surface area contributed by atoms with Gasteiger partial charge in [-0.15, -0.1) is 5.53 Å². The van der Waals surface area contributed by atoms with E-state index in [0.29, 0.717) is 12.1 Å². The average Bonchev–Trinajstić information content (AvgIpc) is 2.44. The average molecular weight is 277 g/mol. The number of hydrogen-bond acceptors (Lipinski definition) is 4. The Balaban J connectivity index is 2.75. The lowest BCUT2D eigenvalue weighted by Gasteiger charge is -2.15. The number of carbonyl (C=O) groups is 2. The van der Waals surface area contributed by atoms with Crippen molar-refractivity contribution in [2.75, 3.05) is 12.5 Å². The zero-order valence-corrected chi connectivity index (χ0v) is 11.2. The largest absolute Gasteiger partial charge is 0.467 e. The zero-order valence-electron chi connectivity index (χ0n) is 11.2. The van der Waals surface area contributed by atoms with Gasteiger partial charge < -0.3 is 10.1 Å². The minimum Gasteiger partial charge on any atom is -0.467 e. The summed E-state index contributed by atoms with van der Waals surface area (Å²) in [5.41, 5.74) is 12.1. The monoisotopic (exact) mass is 277 g/mol. The van der Waals surface area contributed by atoms with Crippen molar-refractivity contribution in [1.29, 1.82) is 0 Å². The van der Waals surface area contributed by atoms with Crippen molar-refractivity contribution in [3.05, 3.63) is 40.3 Å². The molecule has 0 fully saturated rings. The molecule has 0 aliphatic carbocycles. The van der Waals surface area contributed by atoms with Crippen molar-refractivity contribution in [1.82, 2.24) is 5.32 Å². The molecule has 0 bridgehead atoms. The van der Waals surface area contributed by atoms with Gasteiger partial charge in [-0.1, -0.05) is 12.1 Å². The molecule has 1 atom stereocenters. The number of nitrogens with zero attached hydrogens (tertiary/aromatic N) is 3. The summed E-state index contributed by atoms with van der Waals surface area (Å²) >= 11 is 0. The zero-order chi connectivity index (χ0) is 15.0. The van der Waals surface area contributed by atoms with E-state index in [2.05, 4.69) is 25.6 Å². The van der Waals surface area contributed by atoms with Gasteiger partial charge in [0, 0.05) is 13.3 Å². The van der Waals surface area contributed by atoms with E-state index in [0.717, 1.165) is 5.56 Å². The molecule has 0 unspecified atom stereocenters. The molecular weight excluding hydrogens is 262 g/mol. The highest BCUT2D eigenvalue weighted by atomic mass is 16.5. The lowest BCUT2D eigenvalue weighted by Crippen LogP contribution is -2.41. The number of methoxy groups -OCH3 is 1. The minimum atomic E-state index is -0.728. The highest BCUT2D eigenvalue weighted by Gasteiger charge is 2.20. The van der Waals surface area contributed by atoms with Crippen LogP contribution in [0.4, 0.5) is 5.69 Å². The molecule has 0 saturated carbocycles. The fraction of sp³-hybridized carbons (Fsp3) is 0.333. The van der Waals surface area contributed by atoms with Crippen LogP contribution in [0.2, 0.25) is 0 Å². The summed E-state index contributed by atoms with van der Waals surface area (Å²) in [4.78, 5) is 25.2. The van der Waals surface area contributed by atoms with Crippen LogP contribution in [0.1, 0.15) is 12.5 Å². The first-order chi connectivity index (χ1) is 9.56. The molecular formula is C12H15N5O3. The van der Waals surface area contributed by atoms with Gasteiger partial charge >= 0.3 is 5.97 Å². The van der Waals surface area contributed by atoms with E-state index in [1.165, 1.54) is 14.0 Å². The van der Waals surface area contributed by atoms with E-state index in [9.17, 15) is 9.59 Å². The molecule has 0 radical (unpaired) electrons. The van der Waals surface area contributed by atoms with Crippen molar-refractivity contribution in [2.45, 2.75) is 19.4 Å². The second kappa shape index (κ2) is 7.65. The SMILES string of the molecule is COC(=O)[C@H](Cc1ccc(NN=[N+]=[N-])cc1)NC(C)=O. The number of esters is 1. The van der Waals surface area contributed by atoms with Crippen LogP contribution >= 0.6 is 0 Å². The molecule has 106 valence electrons. The second-order valence-corrected chi connectivity index (χ2v) is 3.98. The quantitative estimate of drug-likeness (QED) is 0.270. The number of amides is 1. The molecule has 0 aliphatic heterocycles. The highest BCUT2D eigenvalue weighted by molar-refractivity contribution is 5.83.